The van der Waals surface area contributed by atoms with E-state index in [1.54, 1.807) is 11.3 Å². The molecule has 1 atom stereocenters. The van der Waals surface area contributed by atoms with Crippen molar-refractivity contribution < 1.29 is 0 Å². The third kappa shape index (κ3) is 6.96. The Hall–Kier alpha value is -0.830. The first-order valence-corrected chi connectivity index (χ1v) is 9.21. The van der Waals surface area contributed by atoms with Gasteiger partial charge < -0.3 is 10.6 Å². The summed E-state index contributed by atoms with van der Waals surface area (Å²) in [5.74, 6) is 0.866. The van der Waals surface area contributed by atoms with Crippen molar-refractivity contribution in [1.29, 1.82) is 0 Å². The zero-order valence-electron chi connectivity index (χ0n) is 15.3. The zero-order valence-corrected chi connectivity index (χ0v) is 18.4. The van der Waals surface area contributed by atoms with Crippen LogP contribution in [0.2, 0.25) is 0 Å². The SMILES string of the molecule is CCNC(=NCc1cn2ccsc2n1)NC(C)CCC(C)(C)C.I. The van der Waals surface area contributed by atoms with Crippen LogP contribution in [0.15, 0.2) is 22.8 Å². The van der Waals surface area contributed by atoms with Crippen LogP contribution >= 0.6 is 35.3 Å². The number of fused-ring (bicyclic) bond motifs is 1. The van der Waals surface area contributed by atoms with Gasteiger partial charge in [-0.3, -0.25) is 4.40 Å². The molecule has 0 saturated heterocycles. The molecule has 0 fully saturated rings. The van der Waals surface area contributed by atoms with E-state index in [1.807, 2.05) is 22.2 Å². The number of imidazole rings is 1. The molecule has 136 valence electrons. The zero-order chi connectivity index (χ0) is 16.9. The van der Waals surface area contributed by atoms with Gasteiger partial charge in [0.25, 0.3) is 0 Å². The number of aliphatic imine (C=N–C) groups is 1. The molecule has 0 radical (unpaired) electrons. The second kappa shape index (κ2) is 9.60. The predicted octanol–water partition coefficient (Wildman–Crippen LogP) is 4.28. The lowest BCUT2D eigenvalue weighted by atomic mass is 9.89. The molecule has 0 amide bonds. The standard InChI is InChI=1S/C17H29N5S.HI/c1-6-18-15(20-13(2)7-8-17(3,4)5)19-11-14-12-22-9-10-23-16(22)21-14;/h9-10,12-13H,6-8,11H2,1-5H3,(H2,18,19,20);1H. The Balaban J connectivity index is 0.00000288. The van der Waals surface area contributed by atoms with E-state index in [4.69, 9.17) is 0 Å². The monoisotopic (exact) mass is 463 g/mol. The van der Waals surface area contributed by atoms with Crippen LogP contribution in [0.25, 0.3) is 4.96 Å². The quantitative estimate of drug-likeness (QED) is 0.382. The van der Waals surface area contributed by atoms with Crippen molar-refractivity contribution in [2.75, 3.05) is 6.54 Å². The van der Waals surface area contributed by atoms with Crippen LogP contribution in [0, 0.1) is 5.41 Å². The second-order valence-electron chi connectivity index (χ2n) is 7.16. The lowest BCUT2D eigenvalue weighted by Gasteiger charge is -2.23. The summed E-state index contributed by atoms with van der Waals surface area (Å²) in [6.45, 7) is 12.6. The van der Waals surface area contributed by atoms with Gasteiger partial charge in [-0.1, -0.05) is 20.8 Å². The van der Waals surface area contributed by atoms with Crippen LogP contribution in [-0.2, 0) is 6.54 Å². The fourth-order valence-corrected chi connectivity index (χ4v) is 3.01. The Morgan fingerprint density at radius 2 is 2.17 bits per heavy atom. The first kappa shape index (κ1) is 21.2. The molecule has 0 saturated carbocycles. The van der Waals surface area contributed by atoms with Crippen molar-refractivity contribution >= 4 is 46.2 Å². The predicted molar refractivity (Wildman–Crippen MR) is 115 cm³/mol. The van der Waals surface area contributed by atoms with Gasteiger partial charge >= 0.3 is 0 Å². The summed E-state index contributed by atoms with van der Waals surface area (Å²) >= 11 is 1.64. The molecule has 0 spiro atoms. The smallest absolute Gasteiger partial charge is 0.193 e. The van der Waals surface area contributed by atoms with E-state index in [9.17, 15) is 0 Å². The highest BCUT2D eigenvalue weighted by atomic mass is 127. The van der Waals surface area contributed by atoms with Crippen molar-refractivity contribution in [3.8, 4) is 0 Å². The van der Waals surface area contributed by atoms with Crippen molar-refractivity contribution in [3.63, 3.8) is 0 Å². The maximum atomic E-state index is 4.67. The van der Waals surface area contributed by atoms with Gasteiger partial charge in [0, 0.05) is 30.4 Å². The molecule has 24 heavy (non-hydrogen) atoms. The average Bonchev–Trinajstić information content (AvgIpc) is 3.03. The number of hydrogen-bond donors (Lipinski definition) is 2. The van der Waals surface area contributed by atoms with Crippen LogP contribution < -0.4 is 10.6 Å². The topological polar surface area (TPSA) is 53.7 Å². The van der Waals surface area contributed by atoms with Gasteiger partial charge in [0.2, 0.25) is 0 Å². The first-order valence-electron chi connectivity index (χ1n) is 8.33. The molecule has 1 unspecified atom stereocenters. The lowest BCUT2D eigenvalue weighted by molar-refractivity contribution is 0.346. The van der Waals surface area contributed by atoms with Crippen molar-refractivity contribution in [2.24, 2.45) is 10.4 Å². The largest absolute Gasteiger partial charge is 0.357 e. The third-order valence-corrected chi connectivity index (χ3v) is 4.37. The molecule has 0 aliphatic carbocycles. The van der Waals surface area contributed by atoms with E-state index in [2.05, 4.69) is 55.2 Å². The van der Waals surface area contributed by atoms with Gasteiger partial charge in [0.05, 0.1) is 12.2 Å². The molecule has 7 heteroatoms. The number of thiazole rings is 1. The number of hydrogen-bond acceptors (Lipinski definition) is 3. The van der Waals surface area contributed by atoms with Crippen LogP contribution in [0.3, 0.4) is 0 Å². The molecular formula is C17H30IN5S. The van der Waals surface area contributed by atoms with Crippen LogP contribution in [0.5, 0.6) is 0 Å². The van der Waals surface area contributed by atoms with E-state index < -0.39 is 0 Å². The van der Waals surface area contributed by atoms with Crippen LogP contribution in [0.4, 0.5) is 0 Å². The molecule has 0 aromatic carbocycles. The van der Waals surface area contributed by atoms with Crippen molar-refractivity contribution in [1.82, 2.24) is 20.0 Å². The van der Waals surface area contributed by atoms with Gasteiger partial charge in [0.1, 0.15) is 0 Å². The molecule has 2 aromatic heterocycles. The summed E-state index contributed by atoms with van der Waals surface area (Å²) < 4.78 is 2.04. The Morgan fingerprint density at radius 3 is 2.79 bits per heavy atom. The van der Waals surface area contributed by atoms with Crippen molar-refractivity contribution in [2.45, 2.75) is 60.0 Å². The minimum absolute atomic E-state index is 0. The summed E-state index contributed by atoms with van der Waals surface area (Å²) in [6, 6.07) is 0.400. The lowest BCUT2D eigenvalue weighted by Crippen LogP contribution is -2.42. The molecular weight excluding hydrogens is 433 g/mol. The summed E-state index contributed by atoms with van der Waals surface area (Å²) in [6.07, 6.45) is 6.40. The normalized spacial score (nSPS) is 13.6. The summed E-state index contributed by atoms with van der Waals surface area (Å²) in [5.41, 5.74) is 1.37. The maximum Gasteiger partial charge on any atom is 0.193 e. The number of nitrogens with one attached hydrogen (secondary N) is 2. The molecule has 0 aliphatic rings. The van der Waals surface area contributed by atoms with Gasteiger partial charge in [-0.05, 0) is 32.1 Å². The minimum atomic E-state index is 0. The molecule has 0 aliphatic heterocycles. The van der Waals surface area contributed by atoms with E-state index in [1.165, 1.54) is 6.42 Å². The van der Waals surface area contributed by atoms with Gasteiger partial charge in [-0.2, -0.15) is 0 Å². The highest BCUT2D eigenvalue weighted by Gasteiger charge is 2.13. The highest BCUT2D eigenvalue weighted by Crippen LogP contribution is 2.21. The molecule has 2 N–H and O–H groups in total. The first-order chi connectivity index (χ1) is 10.9. The number of guanidine groups is 1. The molecule has 5 nitrogen and oxygen atoms in total. The van der Waals surface area contributed by atoms with E-state index in [-0.39, 0.29) is 24.0 Å². The van der Waals surface area contributed by atoms with Gasteiger partial charge in [-0.25, -0.2) is 9.98 Å². The molecule has 2 aromatic rings. The van der Waals surface area contributed by atoms with Crippen molar-refractivity contribution in [3.05, 3.63) is 23.5 Å². The minimum Gasteiger partial charge on any atom is -0.357 e. The van der Waals surface area contributed by atoms with E-state index >= 15 is 0 Å². The third-order valence-electron chi connectivity index (χ3n) is 3.60. The Morgan fingerprint density at radius 1 is 1.42 bits per heavy atom. The second-order valence-corrected chi connectivity index (χ2v) is 8.04. The average molecular weight is 463 g/mol. The van der Waals surface area contributed by atoms with Gasteiger partial charge in [-0.15, -0.1) is 35.3 Å². The van der Waals surface area contributed by atoms with Gasteiger partial charge in [0.15, 0.2) is 10.9 Å². The Labute approximate surface area is 166 Å². The Kier molecular flexibility index (Phi) is 8.49. The fourth-order valence-electron chi connectivity index (χ4n) is 2.29. The summed E-state index contributed by atoms with van der Waals surface area (Å²) in [4.78, 5) is 10.3. The summed E-state index contributed by atoms with van der Waals surface area (Å²) in [7, 11) is 0. The molecule has 2 rings (SSSR count). The van der Waals surface area contributed by atoms with E-state index in [0.29, 0.717) is 18.0 Å². The number of rotatable bonds is 6. The highest BCUT2D eigenvalue weighted by molar-refractivity contribution is 14.0. The maximum absolute atomic E-state index is 4.67. The number of aromatic nitrogens is 2. The fraction of sp³-hybridized carbons (Fsp3) is 0.647. The number of halogens is 1. The van der Waals surface area contributed by atoms with Crippen LogP contribution in [0.1, 0.15) is 53.2 Å². The summed E-state index contributed by atoms with van der Waals surface area (Å²) in [5, 5.41) is 8.85. The molecule has 2 heterocycles. The van der Waals surface area contributed by atoms with Crippen LogP contribution in [-0.4, -0.2) is 27.9 Å². The Bertz CT molecular complexity index is 612. The number of nitrogens with zero attached hydrogens (tertiary/aromatic N) is 3. The molecule has 0 bridgehead atoms. The van der Waals surface area contributed by atoms with E-state index in [0.717, 1.165) is 29.6 Å².